The highest BCUT2D eigenvalue weighted by molar-refractivity contribution is 6.09. The minimum atomic E-state index is -1.02. The number of nitrogens with zero attached hydrogens (tertiary/aromatic N) is 3. The first-order chi connectivity index (χ1) is 16.9. The van der Waals surface area contributed by atoms with E-state index in [0.29, 0.717) is 37.1 Å². The number of hydrogen-bond donors (Lipinski definition) is 2. The number of rotatable bonds is 9. The zero-order chi connectivity index (χ0) is 24.8. The van der Waals surface area contributed by atoms with Crippen molar-refractivity contribution in [3.8, 4) is 0 Å². The number of carbonyl (C=O) groups excluding carboxylic acids is 1. The molecule has 3 N–H and O–H groups in total. The van der Waals surface area contributed by atoms with Crippen molar-refractivity contribution in [1.82, 2.24) is 9.91 Å². The lowest BCUT2D eigenvalue weighted by atomic mass is 9.83. The van der Waals surface area contributed by atoms with Crippen LogP contribution in [-0.2, 0) is 21.6 Å². The molecule has 1 atom stereocenters. The van der Waals surface area contributed by atoms with Gasteiger partial charge in [-0.2, -0.15) is 5.10 Å². The molecule has 186 valence electrons. The molecule has 0 aromatic heterocycles. The second kappa shape index (κ2) is 11.1. The second-order valence-corrected chi connectivity index (χ2v) is 9.31. The highest BCUT2D eigenvalue weighted by Crippen LogP contribution is 2.35. The Kier molecular flexibility index (Phi) is 7.95. The minimum absolute atomic E-state index is 0.100. The van der Waals surface area contributed by atoms with E-state index in [4.69, 9.17) is 10.5 Å². The van der Waals surface area contributed by atoms with Crippen LogP contribution >= 0.6 is 0 Å². The van der Waals surface area contributed by atoms with Crippen molar-refractivity contribution in [1.29, 1.82) is 0 Å². The summed E-state index contributed by atoms with van der Waals surface area (Å²) in [6.45, 7) is 2.72. The van der Waals surface area contributed by atoms with E-state index in [1.54, 1.807) is 12.0 Å². The topological polar surface area (TPSA) is 108 Å². The summed E-state index contributed by atoms with van der Waals surface area (Å²) in [5.41, 5.74) is 9.69. The molecule has 8 heteroatoms. The van der Waals surface area contributed by atoms with Crippen molar-refractivity contribution in [3.63, 3.8) is 0 Å². The molecule has 0 amide bonds. The second-order valence-electron chi connectivity index (χ2n) is 9.31. The van der Waals surface area contributed by atoms with Gasteiger partial charge in [0.25, 0.3) is 0 Å². The van der Waals surface area contributed by atoms with Gasteiger partial charge in [0.2, 0.25) is 0 Å². The Hall–Kier alpha value is -3.07. The van der Waals surface area contributed by atoms with Gasteiger partial charge < -0.3 is 15.6 Å². The molecule has 2 aliphatic rings. The molecule has 0 aliphatic carbocycles. The highest BCUT2D eigenvalue weighted by Gasteiger charge is 2.40. The first-order valence-electron chi connectivity index (χ1n) is 12.2. The van der Waals surface area contributed by atoms with Gasteiger partial charge in [0.05, 0.1) is 18.4 Å². The number of nitrogens with two attached hydrogens (primary N) is 1. The molecule has 0 saturated carbocycles. The fourth-order valence-electron chi connectivity index (χ4n) is 4.93. The molecule has 0 bridgehead atoms. The first kappa shape index (κ1) is 25.0. The fraction of sp³-hybridized carbons (Fsp3) is 0.444. The Morgan fingerprint density at radius 3 is 2.49 bits per heavy atom. The average molecular weight is 479 g/mol. The number of hydrazone groups is 1. The molecule has 8 nitrogen and oxygen atoms in total. The molecule has 0 spiro atoms. The third kappa shape index (κ3) is 5.78. The van der Waals surface area contributed by atoms with Crippen LogP contribution in [-0.4, -0.2) is 72.9 Å². The lowest BCUT2D eigenvalue weighted by molar-refractivity contribution is -0.140. The lowest BCUT2D eigenvalue weighted by Gasteiger charge is -2.45. The number of carboxylic acids is 1. The summed E-state index contributed by atoms with van der Waals surface area (Å²) in [5, 5.41) is 16.0. The van der Waals surface area contributed by atoms with E-state index in [0.717, 1.165) is 29.8 Å². The summed E-state index contributed by atoms with van der Waals surface area (Å²) in [6.07, 6.45) is 6.56. The van der Waals surface area contributed by atoms with E-state index >= 15 is 0 Å². The number of ketones is 1. The number of aliphatic carboxylic acids is 1. The zero-order valence-corrected chi connectivity index (χ0v) is 20.3. The van der Waals surface area contributed by atoms with E-state index in [9.17, 15) is 14.7 Å². The molecule has 4 rings (SSSR count). The number of piperidine rings is 1. The van der Waals surface area contributed by atoms with E-state index in [2.05, 4.69) is 10.1 Å². The lowest BCUT2D eigenvalue weighted by Crippen LogP contribution is -2.58. The molecular weight excluding hydrogens is 444 g/mol. The van der Waals surface area contributed by atoms with Crippen molar-refractivity contribution in [2.24, 2.45) is 10.8 Å². The molecule has 1 fully saturated rings. The van der Waals surface area contributed by atoms with E-state index in [-0.39, 0.29) is 12.3 Å². The smallest absolute Gasteiger partial charge is 0.317 e. The van der Waals surface area contributed by atoms with Crippen LogP contribution in [0.1, 0.15) is 58.3 Å². The predicted octanol–water partition coefficient (Wildman–Crippen LogP) is 2.83. The van der Waals surface area contributed by atoms with Gasteiger partial charge in [-0.25, -0.2) is 0 Å². The summed E-state index contributed by atoms with van der Waals surface area (Å²) in [6, 6.07) is 13.0. The molecule has 0 radical (unpaired) electrons. The number of carboxylic acid groups (broad SMARTS) is 1. The van der Waals surface area contributed by atoms with Crippen LogP contribution in [0.2, 0.25) is 0 Å². The average Bonchev–Trinajstić information content (AvgIpc) is 2.88. The maximum absolute atomic E-state index is 13.3. The Balaban J connectivity index is 1.55. The molecule has 2 heterocycles. The van der Waals surface area contributed by atoms with E-state index in [1.165, 1.54) is 19.3 Å². The SMILES string of the molecule is COCCC1(N)c2cc(C(=O)c3ccc(C=NN4CCCCC4)cc3)ccc2CCN1CC(=O)O. The van der Waals surface area contributed by atoms with Crippen molar-refractivity contribution in [2.45, 2.75) is 37.8 Å². The number of ether oxygens (including phenoxy) is 1. The summed E-state index contributed by atoms with van der Waals surface area (Å²) >= 11 is 0. The summed E-state index contributed by atoms with van der Waals surface area (Å²) < 4.78 is 5.26. The Morgan fingerprint density at radius 1 is 1.09 bits per heavy atom. The molecule has 1 saturated heterocycles. The molecule has 35 heavy (non-hydrogen) atoms. The van der Waals surface area contributed by atoms with E-state index in [1.807, 2.05) is 48.7 Å². The standard InChI is InChI=1S/C27H34N4O4/c1-35-16-12-27(28)24-17-23(10-9-21(24)11-15-30(27)19-25(32)33)26(34)22-7-5-20(6-8-22)18-29-31-13-3-2-4-14-31/h5-10,17-18H,2-4,11-16,19,28H2,1H3,(H,32,33). The zero-order valence-electron chi connectivity index (χ0n) is 20.3. The van der Waals surface area contributed by atoms with E-state index < -0.39 is 11.6 Å². The fourth-order valence-corrected chi connectivity index (χ4v) is 4.93. The van der Waals surface area contributed by atoms with Crippen LogP contribution in [0.15, 0.2) is 47.6 Å². The van der Waals surface area contributed by atoms with Gasteiger partial charge in [0, 0.05) is 50.9 Å². The monoisotopic (exact) mass is 478 g/mol. The van der Waals surface area contributed by atoms with Crippen molar-refractivity contribution >= 4 is 18.0 Å². The normalized spacial score (nSPS) is 20.7. The van der Waals surface area contributed by atoms with Crippen molar-refractivity contribution in [3.05, 3.63) is 70.3 Å². The van der Waals surface area contributed by atoms with Crippen molar-refractivity contribution < 1.29 is 19.4 Å². The van der Waals surface area contributed by atoms with Gasteiger partial charge in [-0.3, -0.25) is 19.5 Å². The Labute approximate surface area is 206 Å². The third-order valence-corrected chi connectivity index (χ3v) is 6.94. The number of hydrogen-bond acceptors (Lipinski definition) is 7. The van der Waals surface area contributed by atoms with Gasteiger partial charge in [0.1, 0.15) is 0 Å². The van der Waals surface area contributed by atoms with Crippen LogP contribution in [0.3, 0.4) is 0 Å². The van der Waals surface area contributed by atoms with Gasteiger partial charge in [-0.05, 0) is 48.4 Å². The highest BCUT2D eigenvalue weighted by atomic mass is 16.5. The number of fused-ring (bicyclic) bond motifs is 1. The van der Waals surface area contributed by atoms with Crippen LogP contribution < -0.4 is 5.73 Å². The van der Waals surface area contributed by atoms with Crippen LogP contribution in [0.5, 0.6) is 0 Å². The first-order valence-corrected chi connectivity index (χ1v) is 12.2. The minimum Gasteiger partial charge on any atom is -0.480 e. The number of benzene rings is 2. The maximum Gasteiger partial charge on any atom is 0.317 e. The molecule has 2 aromatic carbocycles. The summed E-state index contributed by atoms with van der Waals surface area (Å²) in [5.74, 6) is -1.03. The van der Waals surface area contributed by atoms with Gasteiger partial charge in [0.15, 0.2) is 5.78 Å². The Morgan fingerprint density at radius 2 is 1.80 bits per heavy atom. The number of methoxy groups -OCH3 is 1. The predicted molar refractivity (Wildman–Crippen MR) is 135 cm³/mol. The van der Waals surface area contributed by atoms with Crippen LogP contribution in [0.4, 0.5) is 0 Å². The maximum atomic E-state index is 13.3. The molecular formula is C27H34N4O4. The van der Waals surface area contributed by atoms with Gasteiger partial charge in [-0.1, -0.05) is 36.4 Å². The summed E-state index contributed by atoms with van der Waals surface area (Å²) in [4.78, 5) is 26.6. The van der Waals surface area contributed by atoms with Gasteiger partial charge >= 0.3 is 5.97 Å². The summed E-state index contributed by atoms with van der Waals surface area (Å²) in [7, 11) is 1.59. The number of carbonyl (C=O) groups is 2. The molecule has 2 aromatic rings. The third-order valence-electron chi connectivity index (χ3n) is 6.94. The van der Waals surface area contributed by atoms with Gasteiger partial charge in [-0.15, -0.1) is 0 Å². The van der Waals surface area contributed by atoms with Crippen LogP contribution in [0.25, 0.3) is 0 Å². The Bertz CT molecular complexity index is 1080. The molecule has 2 aliphatic heterocycles. The van der Waals surface area contributed by atoms with Crippen molar-refractivity contribution in [2.75, 3.05) is 39.9 Å². The largest absolute Gasteiger partial charge is 0.480 e. The van der Waals surface area contributed by atoms with Crippen LogP contribution in [0, 0.1) is 0 Å². The molecule has 1 unspecified atom stereocenters. The quantitative estimate of drug-likeness (QED) is 0.421.